The largest absolute Gasteiger partial charge is 0.451 e. The van der Waals surface area contributed by atoms with Crippen LogP contribution in [-0.2, 0) is 6.42 Å². The second kappa shape index (κ2) is 7.85. The lowest BCUT2D eigenvalue weighted by molar-refractivity contribution is -0.384. The van der Waals surface area contributed by atoms with Crippen molar-refractivity contribution >= 4 is 49.4 Å². The van der Waals surface area contributed by atoms with Gasteiger partial charge in [-0.15, -0.1) is 0 Å². The number of nitrogens with zero attached hydrogens (tertiary/aromatic N) is 2. The first kappa shape index (κ1) is 20.7. The molecule has 0 saturated heterocycles. The van der Waals surface area contributed by atoms with E-state index < -0.39 is 11.0 Å². The number of aromatic nitrogens is 1. The number of hydrogen-bond acceptors (Lipinski definition) is 4. The Morgan fingerprint density at radius 3 is 2.68 bits per heavy atom. The maximum absolute atomic E-state index is 13.7. The van der Waals surface area contributed by atoms with Crippen LogP contribution in [0.2, 0.25) is 0 Å². The van der Waals surface area contributed by atoms with Crippen molar-refractivity contribution in [1.29, 1.82) is 0 Å². The Kier molecular flexibility index (Phi) is 4.77. The SMILES string of the molecule is O=C(c1cc2cc(Br)ccc2o1)N1CCc2c([nH]c3ccccc23)C1c1ccc([N+](=O)[O-])cc1. The number of halogens is 1. The molecule has 0 saturated carbocycles. The molecular weight excluding hydrogens is 498 g/mol. The Morgan fingerprint density at radius 2 is 1.88 bits per heavy atom. The topological polar surface area (TPSA) is 92.4 Å². The van der Waals surface area contributed by atoms with Crippen LogP contribution in [0.15, 0.2) is 81.7 Å². The lowest BCUT2D eigenvalue weighted by atomic mass is 9.92. The van der Waals surface area contributed by atoms with Gasteiger partial charge in [-0.3, -0.25) is 14.9 Å². The van der Waals surface area contributed by atoms with Crippen molar-refractivity contribution in [3.8, 4) is 0 Å². The molecule has 6 rings (SSSR count). The molecule has 1 N–H and O–H groups in total. The molecule has 1 aliphatic heterocycles. The van der Waals surface area contributed by atoms with Gasteiger partial charge in [0, 0.05) is 45.1 Å². The number of aromatic amines is 1. The van der Waals surface area contributed by atoms with E-state index in [0.29, 0.717) is 18.5 Å². The number of nitro benzene ring substituents is 1. The van der Waals surface area contributed by atoms with E-state index in [9.17, 15) is 14.9 Å². The van der Waals surface area contributed by atoms with Crippen molar-refractivity contribution in [2.75, 3.05) is 6.54 Å². The predicted molar refractivity (Wildman–Crippen MR) is 132 cm³/mol. The van der Waals surface area contributed by atoms with Crippen LogP contribution in [0.4, 0.5) is 5.69 Å². The number of hydrogen-bond donors (Lipinski definition) is 1. The summed E-state index contributed by atoms with van der Waals surface area (Å²) in [6.07, 6.45) is 0.695. The average Bonchev–Trinajstić information content (AvgIpc) is 3.44. The van der Waals surface area contributed by atoms with Gasteiger partial charge in [0.25, 0.3) is 11.6 Å². The molecule has 1 atom stereocenters. The normalized spacial score (nSPS) is 15.6. The minimum atomic E-state index is -0.426. The molecule has 0 aliphatic carbocycles. The molecule has 1 amide bonds. The Morgan fingerprint density at radius 1 is 1.09 bits per heavy atom. The summed E-state index contributed by atoms with van der Waals surface area (Å²) in [5.74, 6) is 0.0413. The molecule has 3 aromatic carbocycles. The van der Waals surface area contributed by atoms with Crippen molar-refractivity contribution in [2.45, 2.75) is 12.5 Å². The van der Waals surface area contributed by atoms with Gasteiger partial charge in [-0.05, 0) is 60.0 Å². The van der Waals surface area contributed by atoms with Crippen LogP contribution in [0.3, 0.4) is 0 Å². The molecule has 5 aromatic rings. The minimum absolute atomic E-state index is 0.0113. The maximum Gasteiger partial charge on any atom is 0.290 e. The molecule has 0 radical (unpaired) electrons. The molecule has 34 heavy (non-hydrogen) atoms. The van der Waals surface area contributed by atoms with Gasteiger partial charge in [-0.2, -0.15) is 0 Å². The van der Waals surface area contributed by atoms with Gasteiger partial charge in [-0.1, -0.05) is 34.1 Å². The van der Waals surface area contributed by atoms with Gasteiger partial charge in [-0.25, -0.2) is 0 Å². The van der Waals surface area contributed by atoms with E-state index in [2.05, 4.69) is 27.0 Å². The monoisotopic (exact) mass is 515 g/mol. The summed E-state index contributed by atoms with van der Waals surface area (Å²) >= 11 is 3.46. The summed E-state index contributed by atoms with van der Waals surface area (Å²) < 4.78 is 6.81. The zero-order chi connectivity index (χ0) is 23.4. The quantitative estimate of drug-likeness (QED) is 0.223. The summed E-state index contributed by atoms with van der Waals surface area (Å²) in [6, 6.07) is 21.4. The number of carbonyl (C=O) groups excluding carboxylic acids is 1. The number of rotatable bonds is 3. The molecule has 8 heteroatoms. The van der Waals surface area contributed by atoms with E-state index in [1.54, 1.807) is 23.1 Å². The van der Waals surface area contributed by atoms with Gasteiger partial charge in [0.15, 0.2) is 5.76 Å². The molecule has 0 spiro atoms. The minimum Gasteiger partial charge on any atom is -0.451 e. The van der Waals surface area contributed by atoms with E-state index in [0.717, 1.165) is 37.6 Å². The average molecular weight is 516 g/mol. The molecule has 1 unspecified atom stereocenters. The Bertz CT molecular complexity index is 1590. The van der Waals surface area contributed by atoms with Crippen LogP contribution in [-0.4, -0.2) is 27.3 Å². The first-order chi connectivity index (χ1) is 16.5. The van der Waals surface area contributed by atoms with Gasteiger partial charge >= 0.3 is 0 Å². The van der Waals surface area contributed by atoms with Crippen LogP contribution >= 0.6 is 15.9 Å². The number of non-ortho nitro benzene ring substituents is 1. The van der Waals surface area contributed by atoms with Crippen molar-refractivity contribution in [1.82, 2.24) is 9.88 Å². The van der Waals surface area contributed by atoms with Crippen LogP contribution in [0.5, 0.6) is 0 Å². The van der Waals surface area contributed by atoms with Crippen LogP contribution in [0, 0.1) is 10.1 Å². The molecule has 2 aromatic heterocycles. The van der Waals surface area contributed by atoms with Gasteiger partial charge in [0.05, 0.1) is 11.0 Å². The highest BCUT2D eigenvalue weighted by atomic mass is 79.9. The van der Waals surface area contributed by atoms with Gasteiger partial charge < -0.3 is 14.3 Å². The number of para-hydroxylation sites is 1. The van der Waals surface area contributed by atoms with Crippen LogP contribution in [0.25, 0.3) is 21.9 Å². The lowest BCUT2D eigenvalue weighted by Gasteiger charge is -2.35. The third kappa shape index (κ3) is 3.30. The summed E-state index contributed by atoms with van der Waals surface area (Å²) in [6.45, 7) is 0.496. The summed E-state index contributed by atoms with van der Waals surface area (Å²) in [5, 5.41) is 13.2. The molecular formula is C26H18BrN3O4. The molecule has 3 heterocycles. The van der Waals surface area contributed by atoms with Crippen molar-refractivity contribution < 1.29 is 14.1 Å². The van der Waals surface area contributed by atoms with E-state index >= 15 is 0 Å². The maximum atomic E-state index is 13.7. The predicted octanol–water partition coefficient (Wildman–Crippen LogP) is 6.37. The summed E-state index contributed by atoms with van der Waals surface area (Å²) in [5.41, 5.74) is 4.54. The van der Waals surface area contributed by atoms with Crippen molar-refractivity contribution in [2.24, 2.45) is 0 Å². The second-order valence-electron chi connectivity index (χ2n) is 8.36. The van der Waals surface area contributed by atoms with Crippen molar-refractivity contribution in [3.05, 3.63) is 110 Å². The third-order valence-corrected chi connectivity index (χ3v) is 6.90. The zero-order valence-electron chi connectivity index (χ0n) is 17.8. The summed E-state index contributed by atoms with van der Waals surface area (Å²) in [7, 11) is 0. The smallest absolute Gasteiger partial charge is 0.290 e. The fraction of sp³-hybridized carbons (Fsp3) is 0.115. The number of nitrogens with one attached hydrogen (secondary N) is 1. The molecule has 1 aliphatic rings. The highest BCUT2D eigenvalue weighted by Gasteiger charge is 2.36. The van der Waals surface area contributed by atoms with E-state index in [4.69, 9.17) is 4.42 Å². The first-order valence-electron chi connectivity index (χ1n) is 10.8. The van der Waals surface area contributed by atoms with Gasteiger partial charge in [0.1, 0.15) is 5.58 Å². The molecule has 0 bridgehead atoms. The number of H-pyrrole nitrogens is 1. The molecule has 0 fully saturated rings. The van der Waals surface area contributed by atoms with Gasteiger partial charge in [0.2, 0.25) is 0 Å². The molecule has 7 nitrogen and oxygen atoms in total. The van der Waals surface area contributed by atoms with Crippen molar-refractivity contribution in [3.63, 3.8) is 0 Å². The lowest BCUT2D eigenvalue weighted by Crippen LogP contribution is -2.40. The number of benzene rings is 3. The van der Waals surface area contributed by atoms with E-state index in [1.807, 2.05) is 36.4 Å². The van der Waals surface area contributed by atoms with Crippen LogP contribution in [0.1, 0.15) is 33.4 Å². The number of fused-ring (bicyclic) bond motifs is 4. The van der Waals surface area contributed by atoms with Crippen LogP contribution < -0.4 is 0 Å². The third-order valence-electron chi connectivity index (χ3n) is 6.40. The second-order valence-corrected chi connectivity index (χ2v) is 9.27. The first-order valence-corrected chi connectivity index (χ1v) is 11.6. The number of amides is 1. The molecule has 168 valence electrons. The zero-order valence-corrected chi connectivity index (χ0v) is 19.4. The summed E-state index contributed by atoms with van der Waals surface area (Å²) in [4.78, 5) is 29.8. The number of carbonyl (C=O) groups is 1. The Balaban J connectivity index is 1.48. The van der Waals surface area contributed by atoms with E-state index in [-0.39, 0.29) is 17.4 Å². The highest BCUT2D eigenvalue weighted by Crippen LogP contribution is 2.40. The Hall–Kier alpha value is -3.91. The standard InChI is InChI=1S/C26H18BrN3O4/c27-17-7-10-22-16(13-17)14-23(34-22)26(31)29-12-11-20-19-3-1-2-4-21(19)28-24(20)25(29)15-5-8-18(9-6-15)30(32)33/h1-10,13-14,25,28H,11-12H2. The fourth-order valence-corrected chi connectivity index (χ4v) is 5.22. The number of furan rings is 1. The van der Waals surface area contributed by atoms with E-state index in [1.165, 1.54) is 12.1 Å². The highest BCUT2D eigenvalue weighted by molar-refractivity contribution is 9.10. The number of nitro groups is 1. The fourth-order valence-electron chi connectivity index (χ4n) is 4.85. The Labute approximate surface area is 202 Å².